The third-order valence-electron chi connectivity index (χ3n) is 3.84. The molecule has 1 fully saturated rings. The summed E-state index contributed by atoms with van der Waals surface area (Å²) in [6.07, 6.45) is 2.42. The molecule has 1 saturated heterocycles. The zero-order valence-corrected chi connectivity index (χ0v) is 15.2. The summed E-state index contributed by atoms with van der Waals surface area (Å²) in [5, 5.41) is 2.91. The number of nitrogens with zero attached hydrogens (tertiary/aromatic N) is 3. The first kappa shape index (κ1) is 16.2. The summed E-state index contributed by atoms with van der Waals surface area (Å²) in [4.78, 5) is 23.6. The summed E-state index contributed by atoms with van der Waals surface area (Å²) in [7, 11) is 0. The summed E-state index contributed by atoms with van der Waals surface area (Å²) in [6, 6.07) is 9.54. The van der Waals surface area contributed by atoms with Crippen LogP contribution in [-0.4, -0.2) is 29.0 Å². The molecule has 2 heterocycles. The van der Waals surface area contributed by atoms with Crippen molar-refractivity contribution in [2.45, 2.75) is 26.3 Å². The fourth-order valence-corrected chi connectivity index (χ4v) is 3.33. The zero-order valence-electron chi connectivity index (χ0n) is 13.1. The van der Waals surface area contributed by atoms with Crippen LogP contribution >= 0.6 is 22.6 Å². The topological polar surface area (TPSA) is 58.1 Å². The van der Waals surface area contributed by atoms with Gasteiger partial charge in [-0.2, -0.15) is 0 Å². The van der Waals surface area contributed by atoms with Crippen molar-refractivity contribution in [3.8, 4) is 0 Å². The fraction of sp³-hybridized carbons (Fsp3) is 0.353. The Bertz CT molecular complexity index is 713. The minimum atomic E-state index is -0.0946. The smallest absolute Gasteiger partial charge is 0.252 e. The molecule has 0 radical (unpaired) electrons. The molecular weight excluding hydrogens is 403 g/mol. The lowest BCUT2D eigenvalue weighted by Gasteiger charge is -2.17. The number of anilines is 1. The van der Waals surface area contributed by atoms with Gasteiger partial charge in [0.15, 0.2) is 0 Å². The Morgan fingerprint density at radius 1 is 1.26 bits per heavy atom. The summed E-state index contributed by atoms with van der Waals surface area (Å²) in [5.74, 6) is 1.53. The van der Waals surface area contributed by atoms with Gasteiger partial charge in [0.05, 0.1) is 12.1 Å². The third kappa shape index (κ3) is 3.99. The van der Waals surface area contributed by atoms with E-state index in [4.69, 9.17) is 0 Å². The summed E-state index contributed by atoms with van der Waals surface area (Å²) in [5.41, 5.74) is 1.61. The van der Waals surface area contributed by atoms with Crippen LogP contribution in [0.4, 0.5) is 5.82 Å². The highest BCUT2D eigenvalue weighted by Gasteiger charge is 2.15. The Hall–Kier alpha value is -1.70. The van der Waals surface area contributed by atoms with Gasteiger partial charge in [0.25, 0.3) is 5.91 Å². The fourth-order valence-electron chi connectivity index (χ4n) is 2.70. The lowest BCUT2D eigenvalue weighted by Crippen LogP contribution is -2.26. The molecule has 0 spiro atoms. The number of hydrogen-bond donors (Lipinski definition) is 1. The van der Waals surface area contributed by atoms with E-state index in [9.17, 15) is 4.79 Å². The van der Waals surface area contributed by atoms with Crippen LogP contribution in [0.3, 0.4) is 0 Å². The molecule has 0 saturated carbocycles. The number of nitrogens with one attached hydrogen (secondary N) is 1. The highest BCUT2D eigenvalue weighted by atomic mass is 127. The number of halogens is 1. The van der Waals surface area contributed by atoms with Crippen LogP contribution in [-0.2, 0) is 6.54 Å². The zero-order chi connectivity index (χ0) is 16.2. The predicted octanol–water partition coefficient (Wildman–Crippen LogP) is 2.92. The first-order valence-corrected chi connectivity index (χ1v) is 8.83. The van der Waals surface area contributed by atoms with E-state index in [1.54, 1.807) is 0 Å². The monoisotopic (exact) mass is 422 g/mol. The maximum absolute atomic E-state index is 12.3. The summed E-state index contributed by atoms with van der Waals surface area (Å²) in [6.45, 7) is 4.40. The molecule has 6 heteroatoms. The van der Waals surface area contributed by atoms with Crippen molar-refractivity contribution in [3.63, 3.8) is 0 Å². The lowest BCUT2D eigenvalue weighted by molar-refractivity contribution is 0.0949. The van der Waals surface area contributed by atoms with Gasteiger partial charge in [0, 0.05) is 28.4 Å². The third-order valence-corrected chi connectivity index (χ3v) is 4.78. The van der Waals surface area contributed by atoms with Gasteiger partial charge in [0.2, 0.25) is 0 Å². The van der Waals surface area contributed by atoms with Crippen LogP contribution in [0.15, 0.2) is 30.3 Å². The van der Waals surface area contributed by atoms with Gasteiger partial charge in [-0.3, -0.25) is 4.79 Å². The van der Waals surface area contributed by atoms with E-state index in [1.807, 2.05) is 37.3 Å². The normalized spacial score (nSPS) is 14.1. The van der Waals surface area contributed by atoms with Crippen molar-refractivity contribution in [2.75, 3.05) is 18.0 Å². The maximum Gasteiger partial charge on any atom is 0.252 e. The van der Waals surface area contributed by atoms with E-state index >= 15 is 0 Å². The van der Waals surface area contributed by atoms with Gasteiger partial charge in [-0.1, -0.05) is 12.1 Å². The van der Waals surface area contributed by atoms with Gasteiger partial charge >= 0.3 is 0 Å². The molecule has 3 rings (SSSR count). The van der Waals surface area contributed by atoms with Gasteiger partial charge in [-0.15, -0.1) is 0 Å². The highest BCUT2D eigenvalue weighted by Crippen LogP contribution is 2.18. The molecule has 1 aromatic heterocycles. The first-order chi connectivity index (χ1) is 11.1. The number of carbonyl (C=O) groups is 1. The number of aryl methyl sites for hydroxylation is 1. The quantitative estimate of drug-likeness (QED) is 0.771. The number of benzene rings is 1. The average molecular weight is 422 g/mol. The molecule has 5 nitrogen and oxygen atoms in total. The van der Waals surface area contributed by atoms with E-state index in [-0.39, 0.29) is 5.91 Å². The van der Waals surface area contributed by atoms with Crippen molar-refractivity contribution >= 4 is 34.3 Å². The van der Waals surface area contributed by atoms with Crippen LogP contribution in [0.25, 0.3) is 0 Å². The van der Waals surface area contributed by atoms with E-state index in [0.717, 1.165) is 28.2 Å². The molecule has 2 aromatic rings. The highest BCUT2D eigenvalue weighted by molar-refractivity contribution is 14.1. The summed E-state index contributed by atoms with van der Waals surface area (Å²) < 4.78 is 0.936. The van der Waals surface area contributed by atoms with E-state index in [0.29, 0.717) is 17.9 Å². The van der Waals surface area contributed by atoms with E-state index in [2.05, 4.69) is 42.8 Å². The van der Waals surface area contributed by atoms with Crippen molar-refractivity contribution in [3.05, 3.63) is 51.0 Å². The lowest BCUT2D eigenvalue weighted by atomic mass is 10.2. The second-order valence-corrected chi connectivity index (χ2v) is 6.80. The molecule has 1 aromatic carbocycles. The number of aromatic nitrogens is 2. The van der Waals surface area contributed by atoms with Crippen molar-refractivity contribution < 1.29 is 4.79 Å². The Morgan fingerprint density at radius 3 is 2.74 bits per heavy atom. The molecule has 1 N–H and O–H groups in total. The Kier molecular flexibility index (Phi) is 5.09. The number of amides is 1. The number of carbonyl (C=O) groups excluding carboxylic acids is 1. The Balaban J connectivity index is 1.70. The minimum absolute atomic E-state index is 0.0946. The van der Waals surface area contributed by atoms with Gasteiger partial charge < -0.3 is 10.2 Å². The van der Waals surface area contributed by atoms with Crippen LogP contribution in [0.1, 0.15) is 34.7 Å². The van der Waals surface area contributed by atoms with Crippen LogP contribution < -0.4 is 10.2 Å². The van der Waals surface area contributed by atoms with Crippen molar-refractivity contribution in [2.24, 2.45) is 0 Å². The van der Waals surface area contributed by atoms with Gasteiger partial charge in [-0.25, -0.2) is 9.97 Å². The molecule has 0 atom stereocenters. The first-order valence-electron chi connectivity index (χ1n) is 7.76. The molecule has 0 aliphatic carbocycles. The summed E-state index contributed by atoms with van der Waals surface area (Å²) >= 11 is 2.17. The maximum atomic E-state index is 12.3. The van der Waals surface area contributed by atoms with Gasteiger partial charge in [0.1, 0.15) is 11.6 Å². The molecular formula is C17H19IN4O. The largest absolute Gasteiger partial charge is 0.357 e. The molecule has 120 valence electrons. The molecule has 23 heavy (non-hydrogen) atoms. The Labute approximate surface area is 149 Å². The van der Waals surface area contributed by atoms with Gasteiger partial charge in [-0.05, 0) is 54.5 Å². The Morgan fingerprint density at radius 2 is 2.00 bits per heavy atom. The molecule has 1 amide bonds. The van der Waals surface area contributed by atoms with Crippen molar-refractivity contribution in [1.82, 2.24) is 15.3 Å². The van der Waals surface area contributed by atoms with E-state index < -0.39 is 0 Å². The van der Waals surface area contributed by atoms with Crippen LogP contribution in [0, 0.1) is 10.5 Å². The molecule has 1 aliphatic rings. The molecule has 1 aliphatic heterocycles. The number of rotatable bonds is 4. The van der Waals surface area contributed by atoms with Crippen molar-refractivity contribution in [1.29, 1.82) is 0 Å². The average Bonchev–Trinajstić information content (AvgIpc) is 3.07. The van der Waals surface area contributed by atoms with Crippen LogP contribution in [0.5, 0.6) is 0 Å². The van der Waals surface area contributed by atoms with E-state index in [1.165, 1.54) is 12.8 Å². The number of hydrogen-bond acceptors (Lipinski definition) is 4. The van der Waals surface area contributed by atoms with Crippen LogP contribution in [0.2, 0.25) is 0 Å². The second-order valence-electron chi connectivity index (χ2n) is 5.64. The standard InChI is InChI=1S/C17H19IN4O/c1-12-10-16(22-8-4-5-9-22)21-15(20-12)11-19-17(23)13-6-2-3-7-14(13)18/h2-3,6-7,10H,4-5,8-9,11H2,1H3,(H,19,23). The second kappa shape index (κ2) is 7.25. The SMILES string of the molecule is Cc1cc(N2CCCC2)nc(CNC(=O)c2ccccc2I)n1. The minimum Gasteiger partial charge on any atom is -0.357 e. The molecule has 0 unspecified atom stereocenters. The molecule has 0 bridgehead atoms. The predicted molar refractivity (Wildman–Crippen MR) is 98.5 cm³/mol.